The zero-order valence-electron chi connectivity index (χ0n) is 18.4. The van der Waals surface area contributed by atoms with Gasteiger partial charge in [-0.1, -0.05) is 34.4 Å². The first-order chi connectivity index (χ1) is 14.8. The second kappa shape index (κ2) is 12.4. The average molecular weight is 538 g/mol. The number of carbonyl (C=O) groups excluding carboxylic acids is 1. The van der Waals surface area contributed by atoms with Crippen molar-refractivity contribution in [2.75, 3.05) is 18.3 Å². The van der Waals surface area contributed by atoms with Crippen molar-refractivity contribution in [2.45, 2.75) is 39.9 Å². The topological polar surface area (TPSA) is 63.2 Å². The lowest BCUT2D eigenvalue weighted by atomic mass is 10.1. The summed E-state index contributed by atoms with van der Waals surface area (Å²) in [5, 5.41) is 0. The summed E-state index contributed by atoms with van der Waals surface area (Å²) in [6.07, 6.45) is 0.0865. The first-order valence-corrected chi connectivity index (χ1v) is 11.4. The molecule has 0 radical (unpaired) electrons. The minimum absolute atomic E-state index is 0.0349. The molecule has 2 rings (SSSR count). The van der Waals surface area contributed by atoms with E-state index in [0.717, 1.165) is 5.56 Å². The maximum absolute atomic E-state index is 11.9. The number of rotatable bonds is 9. The lowest BCUT2D eigenvalue weighted by Crippen LogP contribution is -2.11. The standard InChI is InChI=1S/C24H27IO6/c1-16(2)28-15-29-20-10-9-19(22(13-20)31-24(26)14-25)8-6-18-7-11-21(30-17(3)4)23(12-18)27-5/h7,9-13,16-17H,14-15H2,1-5H3. The van der Waals surface area contributed by atoms with Crippen molar-refractivity contribution in [1.82, 2.24) is 0 Å². The molecule has 0 bridgehead atoms. The summed E-state index contributed by atoms with van der Waals surface area (Å²) in [4.78, 5) is 11.9. The van der Waals surface area contributed by atoms with Crippen molar-refractivity contribution in [1.29, 1.82) is 0 Å². The Kier molecular flexibility index (Phi) is 9.95. The largest absolute Gasteiger partial charge is 0.493 e. The van der Waals surface area contributed by atoms with Gasteiger partial charge in [-0.15, -0.1) is 0 Å². The molecule has 0 aliphatic carbocycles. The van der Waals surface area contributed by atoms with Crippen LogP contribution in [0.25, 0.3) is 0 Å². The number of methoxy groups -OCH3 is 1. The second-order valence-electron chi connectivity index (χ2n) is 7.03. The number of benzene rings is 2. The normalized spacial score (nSPS) is 10.5. The fourth-order valence-corrected chi connectivity index (χ4v) is 2.56. The van der Waals surface area contributed by atoms with E-state index in [0.29, 0.717) is 28.6 Å². The molecule has 0 amide bonds. The number of halogens is 1. The smallest absolute Gasteiger partial charge is 0.321 e. The minimum Gasteiger partial charge on any atom is -0.493 e. The van der Waals surface area contributed by atoms with Gasteiger partial charge in [-0.3, -0.25) is 4.79 Å². The van der Waals surface area contributed by atoms with E-state index in [1.165, 1.54) is 0 Å². The Labute approximate surface area is 197 Å². The molecule has 0 saturated heterocycles. The van der Waals surface area contributed by atoms with Crippen LogP contribution in [0.3, 0.4) is 0 Å². The van der Waals surface area contributed by atoms with Gasteiger partial charge in [0, 0.05) is 11.6 Å². The second-order valence-corrected chi connectivity index (χ2v) is 7.79. The van der Waals surface area contributed by atoms with Crippen LogP contribution in [-0.4, -0.2) is 36.5 Å². The Balaban J connectivity index is 2.29. The van der Waals surface area contributed by atoms with E-state index >= 15 is 0 Å². The van der Waals surface area contributed by atoms with Gasteiger partial charge in [0.1, 0.15) is 11.5 Å². The molecule has 2 aromatic carbocycles. The van der Waals surface area contributed by atoms with Gasteiger partial charge in [-0.2, -0.15) is 0 Å². The number of alkyl halides is 1. The van der Waals surface area contributed by atoms with Gasteiger partial charge in [-0.05, 0) is 58.0 Å². The molecule has 0 spiro atoms. The highest BCUT2D eigenvalue weighted by Gasteiger charge is 2.10. The summed E-state index contributed by atoms with van der Waals surface area (Å²) in [6.45, 7) is 7.85. The van der Waals surface area contributed by atoms with Crippen molar-refractivity contribution in [2.24, 2.45) is 0 Å². The third kappa shape index (κ3) is 8.31. The van der Waals surface area contributed by atoms with Crippen molar-refractivity contribution in [3.8, 4) is 34.8 Å². The van der Waals surface area contributed by atoms with Crippen LogP contribution < -0.4 is 18.9 Å². The molecule has 0 fully saturated rings. The first kappa shape index (κ1) is 24.8. The first-order valence-electron chi connectivity index (χ1n) is 9.84. The zero-order valence-corrected chi connectivity index (χ0v) is 20.5. The van der Waals surface area contributed by atoms with Crippen molar-refractivity contribution >= 4 is 28.6 Å². The van der Waals surface area contributed by atoms with Gasteiger partial charge in [0.15, 0.2) is 18.3 Å². The van der Waals surface area contributed by atoms with Gasteiger partial charge in [-0.25, -0.2) is 0 Å². The van der Waals surface area contributed by atoms with E-state index in [1.54, 1.807) is 25.3 Å². The number of hydrogen-bond donors (Lipinski definition) is 0. The molecule has 0 unspecified atom stereocenters. The fourth-order valence-electron chi connectivity index (χ4n) is 2.40. The van der Waals surface area contributed by atoms with Crippen molar-refractivity contribution in [3.05, 3.63) is 47.5 Å². The molecule has 2 aromatic rings. The van der Waals surface area contributed by atoms with E-state index in [1.807, 2.05) is 68.5 Å². The highest BCUT2D eigenvalue weighted by atomic mass is 127. The van der Waals surface area contributed by atoms with Crippen LogP contribution in [0.1, 0.15) is 38.8 Å². The van der Waals surface area contributed by atoms with Crippen LogP contribution in [0.2, 0.25) is 0 Å². The van der Waals surface area contributed by atoms with Gasteiger partial charge >= 0.3 is 5.97 Å². The Morgan fingerprint density at radius 1 is 0.968 bits per heavy atom. The SMILES string of the molecule is COc1cc(C#Cc2ccc(OCOC(C)C)cc2OC(=O)CI)ccc1OC(C)C. The summed E-state index contributed by atoms with van der Waals surface area (Å²) in [5.41, 5.74) is 1.31. The molecule has 0 atom stereocenters. The van der Waals surface area contributed by atoms with Gasteiger partial charge in [0.25, 0.3) is 0 Å². The molecule has 0 aliphatic rings. The maximum atomic E-state index is 11.9. The van der Waals surface area contributed by atoms with Crippen LogP contribution in [0.4, 0.5) is 0 Å². The fraction of sp³-hybridized carbons (Fsp3) is 0.375. The molecule has 166 valence electrons. The van der Waals surface area contributed by atoms with Gasteiger partial charge in [0.05, 0.1) is 29.3 Å². The minimum atomic E-state index is -0.365. The molecule has 0 N–H and O–H groups in total. The highest BCUT2D eigenvalue weighted by molar-refractivity contribution is 14.1. The summed E-state index contributed by atoms with van der Waals surface area (Å²) in [7, 11) is 1.59. The Hall–Kier alpha value is -2.44. The number of carbonyl (C=O) groups is 1. The third-order valence-corrected chi connectivity index (χ3v) is 4.40. The molecule has 0 aromatic heterocycles. The van der Waals surface area contributed by atoms with Gasteiger partial charge in [0.2, 0.25) is 0 Å². The number of ether oxygens (including phenoxy) is 5. The van der Waals surface area contributed by atoms with E-state index in [4.69, 9.17) is 23.7 Å². The highest BCUT2D eigenvalue weighted by Crippen LogP contribution is 2.29. The monoisotopic (exact) mass is 538 g/mol. The van der Waals surface area contributed by atoms with E-state index < -0.39 is 0 Å². The molecule has 0 heterocycles. The van der Waals surface area contributed by atoms with Crippen LogP contribution in [0.15, 0.2) is 36.4 Å². The van der Waals surface area contributed by atoms with Crippen molar-refractivity contribution in [3.63, 3.8) is 0 Å². The number of hydrogen-bond acceptors (Lipinski definition) is 6. The summed E-state index contributed by atoms with van der Waals surface area (Å²) in [6, 6.07) is 10.6. The molecule has 7 heteroatoms. The van der Waals surface area contributed by atoms with Gasteiger partial charge < -0.3 is 23.7 Å². The lowest BCUT2D eigenvalue weighted by molar-refractivity contribution is -0.131. The van der Waals surface area contributed by atoms with Crippen LogP contribution in [0, 0.1) is 11.8 Å². The Morgan fingerprint density at radius 2 is 1.74 bits per heavy atom. The lowest BCUT2D eigenvalue weighted by Gasteiger charge is -2.13. The predicted molar refractivity (Wildman–Crippen MR) is 127 cm³/mol. The summed E-state index contributed by atoms with van der Waals surface area (Å²) in [5.74, 6) is 7.90. The number of esters is 1. The maximum Gasteiger partial charge on any atom is 0.321 e. The van der Waals surface area contributed by atoms with Crippen LogP contribution in [0.5, 0.6) is 23.0 Å². The summed E-state index contributed by atoms with van der Waals surface area (Å²) >= 11 is 1.95. The van der Waals surface area contributed by atoms with Crippen molar-refractivity contribution < 1.29 is 28.5 Å². The predicted octanol–water partition coefficient (Wildman–Crippen LogP) is 4.98. The third-order valence-electron chi connectivity index (χ3n) is 3.78. The van der Waals surface area contributed by atoms with Crippen LogP contribution >= 0.6 is 22.6 Å². The van der Waals surface area contributed by atoms with E-state index in [2.05, 4.69) is 11.8 Å². The van der Waals surface area contributed by atoms with Crippen LogP contribution in [-0.2, 0) is 9.53 Å². The molecule has 31 heavy (non-hydrogen) atoms. The average Bonchev–Trinajstić information content (AvgIpc) is 2.73. The quantitative estimate of drug-likeness (QED) is 0.112. The molecular weight excluding hydrogens is 511 g/mol. The summed E-state index contributed by atoms with van der Waals surface area (Å²) < 4.78 is 27.8. The van der Waals surface area contributed by atoms with E-state index in [9.17, 15) is 4.79 Å². The Morgan fingerprint density at radius 3 is 2.39 bits per heavy atom. The molecular formula is C24H27IO6. The Bertz CT molecular complexity index is 943. The molecule has 0 aliphatic heterocycles. The zero-order chi connectivity index (χ0) is 22.8. The van der Waals surface area contributed by atoms with E-state index in [-0.39, 0.29) is 29.4 Å². The molecule has 6 nitrogen and oxygen atoms in total. The molecule has 0 saturated carbocycles.